The predicted octanol–water partition coefficient (Wildman–Crippen LogP) is 4.51. The molecule has 1 amide bonds. The monoisotopic (exact) mass is 452 g/mol. The topological polar surface area (TPSA) is 78.3 Å². The molecule has 0 spiro atoms. The van der Waals surface area contributed by atoms with Crippen molar-refractivity contribution in [1.29, 1.82) is 0 Å². The van der Waals surface area contributed by atoms with Gasteiger partial charge in [-0.1, -0.05) is 74.3 Å². The van der Waals surface area contributed by atoms with E-state index in [1.165, 1.54) is 24.6 Å². The summed E-state index contributed by atoms with van der Waals surface area (Å²) in [5.74, 6) is 2.59. The van der Waals surface area contributed by atoms with Gasteiger partial charge >= 0.3 is 0 Å². The van der Waals surface area contributed by atoms with Gasteiger partial charge in [0.25, 0.3) is 0 Å². The minimum Gasteiger partial charge on any atom is -0.454 e. The van der Waals surface area contributed by atoms with Gasteiger partial charge in [0, 0.05) is 12.1 Å². The third-order valence-corrected chi connectivity index (χ3v) is 6.18. The molecular weight excluding hydrogens is 424 g/mol. The average molecular weight is 453 g/mol. The van der Waals surface area contributed by atoms with Gasteiger partial charge in [-0.05, 0) is 24.1 Å². The fourth-order valence-electron chi connectivity index (χ4n) is 3.52. The summed E-state index contributed by atoms with van der Waals surface area (Å²) in [5, 5.41) is 12.5. The van der Waals surface area contributed by atoms with Crippen LogP contribution < -0.4 is 14.8 Å². The number of fused-ring (bicyclic) bond motifs is 1. The van der Waals surface area contributed by atoms with Crippen LogP contribution in [0.4, 0.5) is 0 Å². The third kappa shape index (κ3) is 5.62. The molecule has 32 heavy (non-hydrogen) atoms. The number of hydrogen-bond donors (Lipinski definition) is 1. The van der Waals surface area contributed by atoms with Crippen molar-refractivity contribution >= 4 is 17.7 Å². The van der Waals surface area contributed by atoms with Gasteiger partial charge in [-0.2, -0.15) is 0 Å². The standard InChI is InChI=1S/C24H28N4O3S/c1-2-3-4-8-13-25-22(29)16-32-24-27-26-23(19-9-6-5-7-10-19)28(24)15-18-11-12-20-21(14-18)31-17-30-20/h5-7,9-12,14H,2-4,8,13,15-17H2,1H3,(H,25,29). The van der Waals surface area contributed by atoms with E-state index in [0.717, 1.165) is 47.8 Å². The van der Waals surface area contributed by atoms with Crippen LogP contribution in [-0.4, -0.2) is 39.8 Å². The summed E-state index contributed by atoms with van der Waals surface area (Å²) in [5.41, 5.74) is 2.03. The zero-order valence-electron chi connectivity index (χ0n) is 18.3. The zero-order chi connectivity index (χ0) is 22.2. The normalized spacial score (nSPS) is 12.2. The molecule has 1 aliphatic rings. The number of carbonyl (C=O) groups excluding carboxylic acids is 1. The maximum atomic E-state index is 12.3. The fourth-order valence-corrected chi connectivity index (χ4v) is 4.29. The Bertz CT molecular complexity index is 1040. The molecule has 0 fully saturated rings. The number of hydrogen-bond acceptors (Lipinski definition) is 6. The second-order valence-electron chi connectivity index (χ2n) is 7.65. The number of carbonyl (C=O) groups is 1. The summed E-state index contributed by atoms with van der Waals surface area (Å²) < 4.78 is 13.0. The number of amides is 1. The van der Waals surface area contributed by atoms with Crippen LogP contribution >= 0.6 is 11.8 Å². The van der Waals surface area contributed by atoms with Gasteiger partial charge in [-0.3, -0.25) is 9.36 Å². The van der Waals surface area contributed by atoms with Crippen LogP contribution in [0.2, 0.25) is 0 Å². The molecule has 0 unspecified atom stereocenters. The first kappa shape index (κ1) is 22.2. The number of benzene rings is 2. The van der Waals surface area contributed by atoms with E-state index in [2.05, 4.69) is 22.4 Å². The van der Waals surface area contributed by atoms with Crippen LogP contribution in [0.15, 0.2) is 53.7 Å². The molecule has 0 radical (unpaired) electrons. The van der Waals surface area contributed by atoms with Gasteiger partial charge < -0.3 is 14.8 Å². The van der Waals surface area contributed by atoms with Crippen molar-refractivity contribution in [1.82, 2.24) is 20.1 Å². The number of unbranched alkanes of at least 4 members (excludes halogenated alkanes) is 3. The molecule has 4 rings (SSSR count). The van der Waals surface area contributed by atoms with E-state index in [0.29, 0.717) is 17.5 Å². The zero-order valence-corrected chi connectivity index (χ0v) is 19.1. The van der Waals surface area contributed by atoms with Gasteiger partial charge in [-0.25, -0.2) is 0 Å². The van der Waals surface area contributed by atoms with Gasteiger partial charge in [0.05, 0.1) is 12.3 Å². The van der Waals surface area contributed by atoms with Gasteiger partial charge in [0.15, 0.2) is 22.5 Å². The number of aromatic nitrogens is 3. The molecule has 0 saturated carbocycles. The maximum Gasteiger partial charge on any atom is 0.231 e. The minimum absolute atomic E-state index is 0.0189. The molecule has 0 aliphatic carbocycles. The van der Waals surface area contributed by atoms with E-state index in [4.69, 9.17) is 9.47 Å². The Balaban J connectivity index is 1.47. The van der Waals surface area contributed by atoms with Crippen LogP contribution in [0.3, 0.4) is 0 Å². The first-order valence-electron chi connectivity index (χ1n) is 11.0. The van der Waals surface area contributed by atoms with Crippen molar-refractivity contribution in [2.75, 3.05) is 19.1 Å². The Hall–Kier alpha value is -3.00. The average Bonchev–Trinajstić information content (AvgIpc) is 3.45. The lowest BCUT2D eigenvalue weighted by Gasteiger charge is -2.11. The van der Waals surface area contributed by atoms with E-state index in [1.807, 2.05) is 53.1 Å². The largest absolute Gasteiger partial charge is 0.454 e. The number of thioether (sulfide) groups is 1. The summed E-state index contributed by atoms with van der Waals surface area (Å²) in [6, 6.07) is 15.9. The minimum atomic E-state index is 0.0189. The van der Waals surface area contributed by atoms with Crippen LogP contribution in [0.1, 0.15) is 38.2 Å². The Labute approximate surface area is 192 Å². The maximum absolute atomic E-state index is 12.3. The fraction of sp³-hybridized carbons (Fsp3) is 0.375. The molecule has 1 N–H and O–H groups in total. The molecule has 1 aliphatic heterocycles. The van der Waals surface area contributed by atoms with E-state index in [9.17, 15) is 4.79 Å². The summed E-state index contributed by atoms with van der Waals surface area (Å²) in [6.07, 6.45) is 4.55. The second-order valence-corrected chi connectivity index (χ2v) is 8.59. The molecule has 0 atom stereocenters. The van der Waals surface area contributed by atoms with E-state index < -0.39 is 0 Å². The van der Waals surface area contributed by atoms with E-state index in [1.54, 1.807) is 0 Å². The molecule has 168 valence electrons. The highest BCUT2D eigenvalue weighted by Crippen LogP contribution is 2.33. The number of nitrogens with one attached hydrogen (secondary N) is 1. The first-order chi connectivity index (χ1) is 15.7. The van der Waals surface area contributed by atoms with E-state index >= 15 is 0 Å². The molecule has 1 aromatic heterocycles. The Kier molecular flexibility index (Phi) is 7.66. The number of nitrogens with zero attached hydrogens (tertiary/aromatic N) is 3. The van der Waals surface area contributed by atoms with Crippen LogP contribution in [0.5, 0.6) is 11.5 Å². The summed E-state index contributed by atoms with van der Waals surface area (Å²) in [4.78, 5) is 12.3. The van der Waals surface area contributed by atoms with Crippen molar-refractivity contribution in [3.8, 4) is 22.9 Å². The van der Waals surface area contributed by atoms with Gasteiger partial charge in [0.2, 0.25) is 12.7 Å². The van der Waals surface area contributed by atoms with Crippen molar-refractivity contribution in [3.63, 3.8) is 0 Å². The van der Waals surface area contributed by atoms with Crippen molar-refractivity contribution in [2.45, 2.75) is 44.3 Å². The van der Waals surface area contributed by atoms with E-state index in [-0.39, 0.29) is 12.7 Å². The highest BCUT2D eigenvalue weighted by Gasteiger charge is 2.18. The molecule has 7 nitrogen and oxygen atoms in total. The summed E-state index contributed by atoms with van der Waals surface area (Å²) in [7, 11) is 0. The van der Waals surface area contributed by atoms with Crippen LogP contribution in [0.25, 0.3) is 11.4 Å². The van der Waals surface area contributed by atoms with Crippen LogP contribution in [0, 0.1) is 0 Å². The lowest BCUT2D eigenvalue weighted by molar-refractivity contribution is -0.118. The number of rotatable bonds is 11. The first-order valence-corrected chi connectivity index (χ1v) is 12.0. The number of ether oxygens (including phenoxy) is 2. The molecular formula is C24H28N4O3S. The smallest absolute Gasteiger partial charge is 0.231 e. The molecule has 3 aromatic rings. The Morgan fingerprint density at radius 3 is 2.75 bits per heavy atom. The lowest BCUT2D eigenvalue weighted by atomic mass is 10.2. The quantitative estimate of drug-likeness (QED) is 0.341. The van der Waals surface area contributed by atoms with Crippen molar-refractivity contribution < 1.29 is 14.3 Å². The Morgan fingerprint density at radius 2 is 1.91 bits per heavy atom. The van der Waals surface area contributed by atoms with Gasteiger partial charge in [0.1, 0.15) is 0 Å². The Morgan fingerprint density at radius 1 is 1.06 bits per heavy atom. The SMILES string of the molecule is CCCCCCNC(=O)CSc1nnc(-c2ccccc2)n1Cc1ccc2c(c1)OCO2. The molecule has 0 bridgehead atoms. The molecule has 8 heteroatoms. The summed E-state index contributed by atoms with van der Waals surface area (Å²) in [6.45, 7) is 3.71. The second kappa shape index (κ2) is 11.0. The lowest BCUT2D eigenvalue weighted by Crippen LogP contribution is -2.26. The highest BCUT2D eigenvalue weighted by atomic mass is 32.2. The summed E-state index contributed by atoms with van der Waals surface area (Å²) >= 11 is 1.41. The van der Waals surface area contributed by atoms with Crippen molar-refractivity contribution in [3.05, 3.63) is 54.1 Å². The van der Waals surface area contributed by atoms with Crippen molar-refractivity contribution in [2.24, 2.45) is 0 Å². The van der Waals surface area contributed by atoms with Crippen LogP contribution in [-0.2, 0) is 11.3 Å². The highest BCUT2D eigenvalue weighted by molar-refractivity contribution is 7.99. The molecule has 2 heterocycles. The molecule has 2 aromatic carbocycles. The predicted molar refractivity (Wildman–Crippen MR) is 125 cm³/mol. The third-order valence-electron chi connectivity index (χ3n) is 5.21. The molecule has 0 saturated heterocycles. The van der Waals surface area contributed by atoms with Gasteiger partial charge in [-0.15, -0.1) is 10.2 Å².